The van der Waals surface area contributed by atoms with E-state index in [0.717, 1.165) is 22.5 Å². The summed E-state index contributed by atoms with van der Waals surface area (Å²) in [5.74, 6) is 0.522. The van der Waals surface area contributed by atoms with Crippen molar-refractivity contribution in [2.75, 3.05) is 5.32 Å². The minimum absolute atomic E-state index is 0.239. The normalized spacial score (nSPS) is 10.8. The fourth-order valence-corrected chi connectivity index (χ4v) is 2.78. The first-order valence-corrected chi connectivity index (χ1v) is 7.94. The van der Waals surface area contributed by atoms with Gasteiger partial charge in [0.15, 0.2) is 10.4 Å². The summed E-state index contributed by atoms with van der Waals surface area (Å²) >= 11 is 3.19. The molecule has 0 atom stereocenters. The van der Waals surface area contributed by atoms with Gasteiger partial charge in [0.25, 0.3) is 5.91 Å². The highest BCUT2D eigenvalue weighted by Crippen LogP contribution is 2.21. The van der Waals surface area contributed by atoms with Gasteiger partial charge in [-0.2, -0.15) is 5.10 Å². The molecule has 23 heavy (non-hydrogen) atoms. The van der Waals surface area contributed by atoms with Crippen LogP contribution >= 0.6 is 15.9 Å². The fourth-order valence-electron chi connectivity index (χ4n) is 2.47. The second-order valence-electron chi connectivity index (χ2n) is 5.49. The Hall–Kier alpha value is -2.34. The number of furan rings is 1. The SMILES string of the molecule is Cc1cc(C)cc(-n2nc(C)cc2NC(=O)c2ccc(Br)o2)c1. The zero-order chi connectivity index (χ0) is 16.6. The van der Waals surface area contributed by atoms with Crippen LogP contribution in [0.4, 0.5) is 5.82 Å². The third-order valence-electron chi connectivity index (χ3n) is 3.32. The van der Waals surface area contributed by atoms with Gasteiger partial charge >= 0.3 is 0 Å². The fraction of sp³-hybridized carbons (Fsp3) is 0.176. The van der Waals surface area contributed by atoms with Crippen LogP contribution in [-0.2, 0) is 0 Å². The molecule has 6 heteroatoms. The summed E-state index contributed by atoms with van der Waals surface area (Å²) in [7, 11) is 0. The minimum atomic E-state index is -0.318. The lowest BCUT2D eigenvalue weighted by Crippen LogP contribution is -2.14. The lowest BCUT2D eigenvalue weighted by Gasteiger charge is -2.10. The van der Waals surface area contributed by atoms with Gasteiger partial charge in [-0.1, -0.05) is 6.07 Å². The Morgan fingerprint density at radius 3 is 2.43 bits per heavy atom. The molecule has 0 unspecified atom stereocenters. The molecule has 1 amide bonds. The molecule has 2 heterocycles. The Balaban J connectivity index is 1.96. The molecule has 0 aliphatic carbocycles. The zero-order valence-electron chi connectivity index (χ0n) is 13.1. The van der Waals surface area contributed by atoms with Gasteiger partial charge in [-0.3, -0.25) is 4.79 Å². The van der Waals surface area contributed by atoms with Gasteiger partial charge in [0.2, 0.25) is 0 Å². The Morgan fingerprint density at radius 2 is 1.83 bits per heavy atom. The summed E-state index contributed by atoms with van der Waals surface area (Å²) in [6.45, 7) is 5.95. The number of carbonyl (C=O) groups excluding carboxylic acids is 1. The smallest absolute Gasteiger partial charge is 0.292 e. The Kier molecular flexibility index (Phi) is 4.09. The van der Waals surface area contributed by atoms with Crippen LogP contribution in [0.25, 0.3) is 5.69 Å². The molecule has 0 bridgehead atoms. The third-order valence-corrected chi connectivity index (χ3v) is 3.75. The maximum Gasteiger partial charge on any atom is 0.292 e. The van der Waals surface area contributed by atoms with E-state index in [4.69, 9.17) is 4.42 Å². The van der Waals surface area contributed by atoms with Gasteiger partial charge < -0.3 is 9.73 Å². The molecule has 0 radical (unpaired) electrons. The van der Waals surface area contributed by atoms with Crippen LogP contribution in [0.3, 0.4) is 0 Å². The number of halogens is 1. The second kappa shape index (κ2) is 6.04. The van der Waals surface area contributed by atoms with E-state index in [1.165, 1.54) is 0 Å². The number of rotatable bonds is 3. The zero-order valence-corrected chi connectivity index (χ0v) is 14.6. The Labute approximate surface area is 142 Å². The number of hydrogen-bond acceptors (Lipinski definition) is 3. The molecule has 3 rings (SSSR count). The number of anilines is 1. The summed E-state index contributed by atoms with van der Waals surface area (Å²) in [6, 6.07) is 11.3. The molecule has 0 fully saturated rings. The molecule has 118 valence electrons. The quantitative estimate of drug-likeness (QED) is 0.739. The van der Waals surface area contributed by atoms with Crippen LogP contribution in [0.15, 0.2) is 45.5 Å². The third kappa shape index (κ3) is 3.37. The van der Waals surface area contributed by atoms with Crippen LogP contribution in [0, 0.1) is 20.8 Å². The van der Waals surface area contributed by atoms with Crippen molar-refractivity contribution >= 4 is 27.7 Å². The lowest BCUT2D eigenvalue weighted by atomic mass is 10.1. The maximum absolute atomic E-state index is 12.3. The van der Waals surface area contributed by atoms with Gasteiger partial charge in [0, 0.05) is 6.07 Å². The number of amides is 1. The predicted molar refractivity (Wildman–Crippen MR) is 92.1 cm³/mol. The van der Waals surface area contributed by atoms with Crippen LogP contribution < -0.4 is 5.32 Å². The van der Waals surface area contributed by atoms with Gasteiger partial charge in [0.05, 0.1) is 11.4 Å². The number of benzene rings is 1. The molecular weight excluding hydrogens is 358 g/mol. The first kappa shape index (κ1) is 15.6. The standard InChI is InChI=1S/C17H16BrN3O2/c1-10-6-11(2)8-13(7-10)21-16(9-12(3)20-21)19-17(22)14-4-5-15(18)23-14/h4-9H,1-3H3,(H,19,22). The van der Waals surface area contributed by atoms with Crippen LogP contribution in [-0.4, -0.2) is 15.7 Å². The van der Waals surface area contributed by atoms with Gasteiger partial charge in [-0.15, -0.1) is 0 Å². The number of aryl methyl sites for hydroxylation is 3. The summed E-state index contributed by atoms with van der Waals surface area (Å²) in [5, 5.41) is 7.32. The van der Waals surface area contributed by atoms with Crippen molar-refractivity contribution in [3.05, 3.63) is 63.6 Å². The summed E-state index contributed by atoms with van der Waals surface area (Å²) in [5.41, 5.74) is 4.01. The predicted octanol–water partition coefficient (Wildman–Crippen LogP) is 4.41. The second-order valence-corrected chi connectivity index (χ2v) is 6.27. The monoisotopic (exact) mass is 373 g/mol. The molecular formula is C17H16BrN3O2. The summed E-state index contributed by atoms with van der Waals surface area (Å²) < 4.78 is 7.53. The molecule has 0 aliphatic rings. The van der Waals surface area contributed by atoms with E-state index in [1.807, 2.05) is 39.0 Å². The van der Waals surface area contributed by atoms with E-state index in [2.05, 4.69) is 32.4 Å². The molecule has 5 nitrogen and oxygen atoms in total. The van der Waals surface area contributed by atoms with E-state index in [9.17, 15) is 4.79 Å². The minimum Gasteiger partial charge on any atom is -0.444 e. The van der Waals surface area contributed by atoms with Gasteiger partial charge in [0.1, 0.15) is 5.82 Å². The van der Waals surface area contributed by atoms with E-state index in [0.29, 0.717) is 10.5 Å². The lowest BCUT2D eigenvalue weighted by molar-refractivity contribution is 0.0994. The Morgan fingerprint density at radius 1 is 1.13 bits per heavy atom. The van der Waals surface area contributed by atoms with Crippen molar-refractivity contribution in [2.24, 2.45) is 0 Å². The van der Waals surface area contributed by atoms with Crippen LogP contribution in [0.1, 0.15) is 27.4 Å². The number of nitrogens with one attached hydrogen (secondary N) is 1. The highest BCUT2D eigenvalue weighted by atomic mass is 79.9. The van der Waals surface area contributed by atoms with Crippen molar-refractivity contribution in [3.63, 3.8) is 0 Å². The maximum atomic E-state index is 12.3. The van der Waals surface area contributed by atoms with Crippen molar-refractivity contribution < 1.29 is 9.21 Å². The number of carbonyl (C=O) groups is 1. The topological polar surface area (TPSA) is 60.1 Å². The first-order valence-electron chi connectivity index (χ1n) is 7.14. The average Bonchev–Trinajstić information content (AvgIpc) is 3.04. The highest BCUT2D eigenvalue weighted by molar-refractivity contribution is 9.10. The number of hydrogen-bond donors (Lipinski definition) is 1. The summed E-state index contributed by atoms with van der Waals surface area (Å²) in [4.78, 5) is 12.3. The number of nitrogens with zero attached hydrogens (tertiary/aromatic N) is 2. The highest BCUT2D eigenvalue weighted by Gasteiger charge is 2.15. The van der Waals surface area contributed by atoms with E-state index >= 15 is 0 Å². The van der Waals surface area contributed by atoms with E-state index < -0.39 is 0 Å². The Bertz CT molecular complexity index is 860. The molecule has 0 aliphatic heterocycles. The van der Waals surface area contributed by atoms with Crippen molar-refractivity contribution in [2.45, 2.75) is 20.8 Å². The molecule has 0 spiro atoms. The molecule has 1 N–H and O–H groups in total. The van der Waals surface area contributed by atoms with Crippen LogP contribution in [0.2, 0.25) is 0 Å². The molecule has 1 aromatic carbocycles. The first-order chi connectivity index (χ1) is 10.9. The van der Waals surface area contributed by atoms with Crippen molar-refractivity contribution in [3.8, 4) is 5.69 Å². The molecule has 0 saturated carbocycles. The molecule has 2 aromatic heterocycles. The summed E-state index contributed by atoms with van der Waals surface area (Å²) in [6.07, 6.45) is 0. The molecule has 3 aromatic rings. The largest absolute Gasteiger partial charge is 0.444 e. The van der Waals surface area contributed by atoms with Gasteiger partial charge in [-0.25, -0.2) is 4.68 Å². The van der Waals surface area contributed by atoms with Crippen LogP contribution in [0.5, 0.6) is 0 Å². The average molecular weight is 374 g/mol. The van der Waals surface area contributed by atoms with Gasteiger partial charge in [-0.05, 0) is 72.1 Å². The van der Waals surface area contributed by atoms with Crippen molar-refractivity contribution in [1.82, 2.24) is 9.78 Å². The van der Waals surface area contributed by atoms with E-state index in [1.54, 1.807) is 16.8 Å². The van der Waals surface area contributed by atoms with E-state index in [-0.39, 0.29) is 11.7 Å². The number of aromatic nitrogens is 2. The molecule has 0 saturated heterocycles. The van der Waals surface area contributed by atoms with Crippen molar-refractivity contribution in [1.29, 1.82) is 0 Å².